The average Bonchev–Trinajstić information content (AvgIpc) is 3.04. The monoisotopic (exact) mass is 494 g/mol. The summed E-state index contributed by atoms with van der Waals surface area (Å²) in [7, 11) is 0. The van der Waals surface area contributed by atoms with Gasteiger partial charge in [-0.3, -0.25) is 19.3 Å². The molecule has 1 heterocycles. The fraction of sp³-hybridized carbons (Fsp3) is 0.261. The van der Waals surface area contributed by atoms with Crippen LogP contribution in [0.4, 0.5) is 24.5 Å². The fourth-order valence-electron chi connectivity index (χ4n) is 3.88. The SMILES string of the molecule is O=C(CSc1ccc(N2C(=O)[C@H]3CC=CC[C@@H]3C2=O)cc1)Nc1cc(C(F)(F)F)ccc1Cl. The Morgan fingerprint density at radius 2 is 1.64 bits per heavy atom. The third kappa shape index (κ3) is 4.94. The number of hydrogen-bond donors (Lipinski definition) is 1. The zero-order valence-corrected chi connectivity index (χ0v) is 18.6. The summed E-state index contributed by atoms with van der Waals surface area (Å²) in [5.74, 6) is -1.62. The van der Waals surface area contributed by atoms with Crippen molar-refractivity contribution < 1.29 is 27.6 Å². The van der Waals surface area contributed by atoms with E-state index < -0.39 is 17.6 Å². The molecule has 5 nitrogen and oxygen atoms in total. The molecule has 1 fully saturated rings. The summed E-state index contributed by atoms with van der Waals surface area (Å²) in [6.07, 6.45) is 0.419. The van der Waals surface area contributed by atoms with Gasteiger partial charge in [0.05, 0.1) is 39.5 Å². The summed E-state index contributed by atoms with van der Waals surface area (Å²) in [6.45, 7) is 0. The van der Waals surface area contributed by atoms with Crippen LogP contribution in [0.25, 0.3) is 0 Å². The molecule has 1 aliphatic carbocycles. The van der Waals surface area contributed by atoms with Gasteiger partial charge < -0.3 is 5.32 Å². The molecule has 3 amide bonds. The lowest BCUT2D eigenvalue weighted by molar-refractivity contribution is -0.137. The first-order chi connectivity index (χ1) is 15.6. The number of thioether (sulfide) groups is 1. The van der Waals surface area contributed by atoms with Gasteiger partial charge in [0, 0.05) is 4.90 Å². The Kier molecular flexibility index (Phi) is 6.54. The van der Waals surface area contributed by atoms with E-state index in [9.17, 15) is 27.6 Å². The minimum Gasteiger partial charge on any atom is -0.324 e. The van der Waals surface area contributed by atoms with E-state index in [-0.39, 0.29) is 40.1 Å². The molecule has 0 radical (unpaired) electrons. The maximum Gasteiger partial charge on any atom is 0.416 e. The highest BCUT2D eigenvalue weighted by Crippen LogP contribution is 2.38. The minimum absolute atomic E-state index is 0.00131. The standard InChI is InChI=1S/C23H18ClF3N2O3S/c24-18-10-5-13(23(25,26)27)11-19(18)28-20(30)12-33-15-8-6-14(7-9-15)29-21(31)16-3-1-2-4-17(16)22(29)32/h1-2,5-11,16-17H,3-4,12H2,(H,28,30)/t16-,17-/m0/s1. The second-order valence-electron chi connectivity index (χ2n) is 7.69. The molecule has 2 aliphatic rings. The molecule has 0 saturated carbocycles. The van der Waals surface area contributed by atoms with Crippen LogP contribution in [0.3, 0.4) is 0 Å². The van der Waals surface area contributed by atoms with Crippen molar-refractivity contribution in [3.63, 3.8) is 0 Å². The lowest BCUT2D eigenvalue weighted by Gasteiger charge is -2.15. The van der Waals surface area contributed by atoms with E-state index in [0.717, 1.165) is 30.0 Å². The van der Waals surface area contributed by atoms with Crippen molar-refractivity contribution in [3.05, 3.63) is 65.2 Å². The Bertz CT molecular complexity index is 1110. The summed E-state index contributed by atoms with van der Waals surface area (Å²) < 4.78 is 38.6. The molecular formula is C23H18ClF3N2O3S. The van der Waals surface area contributed by atoms with Crippen LogP contribution in [0, 0.1) is 11.8 Å². The van der Waals surface area contributed by atoms with Gasteiger partial charge in [0.15, 0.2) is 0 Å². The Balaban J connectivity index is 1.37. The van der Waals surface area contributed by atoms with Gasteiger partial charge in [-0.05, 0) is 55.3 Å². The number of nitrogens with zero attached hydrogens (tertiary/aromatic N) is 1. The fourth-order valence-corrected chi connectivity index (χ4v) is 4.74. The number of halogens is 4. The molecule has 1 N–H and O–H groups in total. The van der Waals surface area contributed by atoms with Crippen LogP contribution < -0.4 is 10.2 Å². The van der Waals surface area contributed by atoms with Crippen LogP contribution in [0.1, 0.15) is 18.4 Å². The Hall–Kier alpha value is -2.78. The molecule has 0 unspecified atom stereocenters. The van der Waals surface area contributed by atoms with E-state index in [1.807, 2.05) is 12.2 Å². The lowest BCUT2D eigenvalue weighted by atomic mass is 9.85. The normalized spacial score (nSPS) is 20.2. The summed E-state index contributed by atoms with van der Waals surface area (Å²) in [4.78, 5) is 39.5. The number of benzene rings is 2. The molecule has 10 heteroatoms. The van der Waals surface area contributed by atoms with Crippen molar-refractivity contribution in [1.29, 1.82) is 0 Å². The number of imide groups is 1. The molecule has 0 spiro atoms. The second-order valence-corrected chi connectivity index (χ2v) is 9.15. The third-order valence-electron chi connectivity index (χ3n) is 5.54. The van der Waals surface area contributed by atoms with Crippen LogP contribution in [0.2, 0.25) is 5.02 Å². The molecule has 1 aliphatic heterocycles. The number of fused-ring (bicyclic) bond motifs is 1. The number of rotatable bonds is 5. The molecule has 0 bridgehead atoms. The van der Waals surface area contributed by atoms with Gasteiger partial charge in [-0.25, -0.2) is 0 Å². The van der Waals surface area contributed by atoms with Crippen molar-refractivity contribution >= 4 is 52.5 Å². The molecular weight excluding hydrogens is 477 g/mol. The van der Waals surface area contributed by atoms with E-state index >= 15 is 0 Å². The molecule has 2 aromatic rings. The van der Waals surface area contributed by atoms with Gasteiger partial charge in [-0.2, -0.15) is 13.2 Å². The predicted molar refractivity (Wildman–Crippen MR) is 120 cm³/mol. The summed E-state index contributed by atoms with van der Waals surface area (Å²) in [6, 6.07) is 9.37. The second kappa shape index (κ2) is 9.23. The number of amides is 3. The first kappa shape index (κ1) is 23.4. The van der Waals surface area contributed by atoms with Crippen molar-refractivity contribution in [2.45, 2.75) is 23.9 Å². The molecule has 1 saturated heterocycles. The minimum atomic E-state index is -4.55. The highest BCUT2D eigenvalue weighted by molar-refractivity contribution is 8.00. The van der Waals surface area contributed by atoms with Crippen LogP contribution in [0.5, 0.6) is 0 Å². The largest absolute Gasteiger partial charge is 0.416 e. The highest BCUT2D eigenvalue weighted by atomic mass is 35.5. The topological polar surface area (TPSA) is 66.5 Å². The van der Waals surface area contributed by atoms with Gasteiger partial charge in [-0.15, -0.1) is 11.8 Å². The first-order valence-electron chi connectivity index (χ1n) is 10.1. The van der Waals surface area contributed by atoms with Crippen molar-refractivity contribution in [1.82, 2.24) is 0 Å². The van der Waals surface area contributed by atoms with E-state index in [2.05, 4.69) is 5.32 Å². The predicted octanol–water partition coefficient (Wildman–Crippen LogP) is 5.55. The summed E-state index contributed by atoms with van der Waals surface area (Å²) in [5, 5.41) is 2.40. The highest BCUT2D eigenvalue weighted by Gasteiger charge is 2.47. The quantitative estimate of drug-likeness (QED) is 0.336. The van der Waals surface area contributed by atoms with Crippen LogP contribution >= 0.6 is 23.4 Å². The zero-order valence-electron chi connectivity index (χ0n) is 17.1. The lowest BCUT2D eigenvalue weighted by Crippen LogP contribution is -2.30. The smallest absolute Gasteiger partial charge is 0.324 e. The molecule has 33 heavy (non-hydrogen) atoms. The first-order valence-corrected chi connectivity index (χ1v) is 11.4. The molecule has 4 rings (SSSR count). The van der Waals surface area contributed by atoms with Crippen molar-refractivity contribution in [3.8, 4) is 0 Å². The van der Waals surface area contributed by atoms with Crippen molar-refractivity contribution in [2.75, 3.05) is 16.0 Å². The van der Waals surface area contributed by atoms with Gasteiger partial charge >= 0.3 is 6.18 Å². The van der Waals surface area contributed by atoms with Crippen LogP contribution in [-0.2, 0) is 20.6 Å². The van der Waals surface area contributed by atoms with E-state index in [4.69, 9.17) is 11.6 Å². The number of carbonyl (C=O) groups excluding carboxylic acids is 3. The Morgan fingerprint density at radius 1 is 1.03 bits per heavy atom. The number of carbonyl (C=O) groups is 3. The van der Waals surface area contributed by atoms with E-state index in [1.54, 1.807) is 24.3 Å². The van der Waals surface area contributed by atoms with E-state index in [1.165, 1.54) is 4.90 Å². The van der Waals surface area contributed by atoms with Gasteiger partial charge in [-0.1, -0.05) is 23.8 Å². The van der Waals surface area contributed by atoms with Crippen LogP contribution in [-0.4, -0.2) is 23.5 Å². The van der Waals surface area contributed by atoms with Gasteiger partial charge in [0.25, 0.3) is 0 Å². The van der Waals surface area contributed by atoms with Gasteiger partial charge in [0.2, 0.25) is 17.7 Å². The average molecular weight is 495 g/mol. The number of anilines is 2. The van der Waals surface area contributed by atoms with E-state index in [0.29, 0.717) is 23.4 Å². The number of nitrogens with one attached hydrogen (secondary N) is 1. The molecule has 2 atom stereocenters. The Morgan fingerprint density at radius 3 is 2.21 bits per heavy atom. The Labute approximate surface area is 197 Å². The summed E-state index contributed by atoms with van der Waals surface area (Å²) >= 11 is 7.06. The number of hydrogen-bond acceptors (Lipinski definition) is 4. The van der Waals surface area contributed by atoms with Crippen LogP contribution in [0.15, 0.2) is 59.5 Å². The zero-order chi connectivity index (χ0) is 23.8. The molecule has 2 aromatic carbocycles. The van der Waals surface area contributed by atoms with Gasteiger partial charge in [0.1, 0.15) is 0 Å². The maximum atomic E-state index is 12.9. The maximum absolute atomic E-state index is 12.9. The molecule has 172 valence electrons. The molecule has 0 aromatic heterocycles. The third-order valence-corrected chi connectivity index (χ3v) is 6.88. The van der Waals surface area contributed by atoms with Crippen molar-refractivity contribution in [2.24, 2.45) is 11.8 Å². The number of alkyl halides is 3. The summed E-state index contributed by atoms with van der Waals surface area (Å²) in [5.41, 5.74) is -0.550. The number of allylic oxidation sites excluding steroid dienone is 2.